The molecule has 0 aromatic carbocycles. The van der Waals surface area contributed by atoms with Crippen LogP contribution in [0.4, 0.5) is 0 Å². The van der Waals surface area contributed by atoms with E-state index in [4.69, 9.17) is 0 Å². The van der Waals surface area contributed by atoms with Crippen molar-refractivity contribution >= 4 is 23.9 Å². The molecule has 0 aliphatic heterocycles. The Labute approximate surface area is 152 Å². The molecule has 8 nitrogen and oxygen atoms in total. The topological polar surface area (TPSA) is 149 Å². The molecule has 0 bridgehead atoms. The van der Waals surface area contributed by atoms with Crippen LogP contribution < -0.4 is 0 Å². The fourth-order valence-corrected chi connectivity index (χ4v) is 4.59. The summed E-state index contributed by atoms with van der Waals surface area (Å²) < 4.78 is 0. The van der Waals surface area contributed by atoms with Crippen molar-refractivity contribution in [1.29, 1.82) is 0 Å². The van der Waals surface area contributed by atoms with E-state index < -0.39 is 46.5 Å². The molecule has 0 atom stereocenters. The van der Waals surface area contributed by atoms with Crippen molar-refractivity contribution in [3.05, 3.63) is 0 Å². The molecule has 26 heavy (non-hydrogen) atoms. The van der Waals surface area contributed by atoms with Crippen LogP contribution >= 0.6 is 0 Å². The minimum atomic E-state index is -1.90. The van der Waals surface area contributed by atoms with Crippen LogP contribution in [0.1, 0.15) is 65.2 Å². The van der Waals surface area contributed by atoms with Gasteiger partial charge in [0.2, 0.25) is 0 Å². The maximum Gasteiger partial charge on any atom is 0.321 e. The quantitative estimate of drug-likeness (QED) is 0.428. The minimum Gasteiger partial charge on any atom is -0.480 e. The molecule has 4 N–H and O–H groups in total. The zero-order valence-electron chi connectivity index (χ0n) is 15.2. The fourth-order valence-electron chi connectivity index (χ4n) is 4.59. The second-order valence-corrected chi connectivity index (χ2v) is 7.21. The summed E-state index contributed by atoms with van der Waals surface area (Å²) in [5.41, 5.74) is -3.81. The van der Waals surface area contributed by atoms with Crippen LogP contribution in [-0.2, 0) is 19.2 Å². The standard InChI is InChI=1S/C18H28O8/c1-3-9-17(13(19)20,14(21)22)11-5-7-12(8-6-11)18(10-4-2,15(23)24)16(25)26/h11-12H,3-10H2,1-2H3,(H,19,20)(H,21,22)(H,23,24)(H,25,26)/t11-,12-. The summed E-state index contributed by atoms with van der Waals surface area (Å²) >= 11 is 0. The van der Waals surface area contributed by atoms with Crippen molar-refractivity contribution in [2.45, 2.75) is 65.2 Å². The first kappa shape index (κ1) is 21.9. The predicted molar refractivity (Wildman–Crippen MR) is 90.7 cm³/mol. The number of carbonyl (C=O) groups is 4. The van der Waals surface area contributed by atoms with Gasteiger partial charge in [-0.1, -0.05) is 26.7 Å². The van der Waals surface area contributed by atoms with Gasteiger partial charge in [-0.25, -0.2) is 0 Å². The van der Waals surface area contributed by atoms with Crippen molar-refractivity contribution in [2.24, 2.45) is 22.7 Å². The van der Waals surface area contributed by atoms with Crippen molar-refractivity contribution in [2.75, 3.05) is 0 Å². The van der Waals surface area contributed by atoms with E-state index in [1.165, 1.54) is 0 Å². The van der Waals surface area contributed by atoms with E-state index >= 15 is 0 Å². The monoisotopic (exact) mass is 372 g/mol. The van der Waals surface area contributed by atoms with Crippen molar-refractivity contribution in [3.63, 3.8) is 0 Å². The molecule has 148 valence electrons. The largest absolute Gasteiger partial charge is 0.480 e. The molecule has 1 fully saturated rings. The lowest BCUT2D eigenvalue weighted by molar-refractivity contribution is -0.178. The van der Waals surface area contributed by atoms with E-state index in [0.717, 1.165) is 0 Å². The molecule has 1 saturated carbocycles. The highest BCUT2D eigenvalue weighted by molar-refractivity contribution is 5.99. The van der Waals surface area contributed by atoms with Gasteiger partial charge in [0.25, 0.3) is 0 Å². The number of carboxylic acids is 4. The van der Waals surface area contributed by atoms with Crippen molar-refractivity contribution in [1.82, 2.24) is 0 Å². The van der Waals surface area contributed by atoms with Crippen LogP contribution in [0, 0.1) is 22.7 Å². The summed E-state index contributed by atoms with van der Waals surface area (Å²) in [6.07, 6.45) is 1.52. The molecule has 0 saturated heterocycles. The first-order chi connectivity index (χ1) is 12.1. The van der Waals surface area contributed by atoms with E-state index in [9.17, 15) is 39.6 Å². The smallest absolute Gasteiger partial charge is 0.321 e. The Morgan fingerprint density at radius 1 is 0.654 bits per heavy atom. The third-order valence-electron chi connectivity index (χ3n) is 5.94. The number of rotatable bonds is 10. The van der Waals surface area contributed by atoms with Crippen LogP contribution in [0.3, 0.4) is 0 Å². The SMILES string of the molecule is CCCC(C(=O)O)(C(=O)O)[C@H]1CC[C@H](C(CCC)(C(=O)O)C(=O)O)CC1. The Morgan fingerprint density at radius 3 is 1.04 bits per heavy atom. The van der Waals surface area contributed by atoms with Crippen LogP contribution in [0.25, 0.3) is 0 Å². The molecule has 0 aromatic rings. The van der Waals surface area contributed by atoms with Gasteiger partial charge in [0, 0.05) is 0 Å². The molecule has 0 aromatic heterocycles. The summed E-state index contributed by atoms with van der Waals surface area (Å²) in [6.45, 7) is 3.43. The lowest BCUT2D eigenvalue weighted by atomic mass is 9.59. The molecule has 1 aliphatic carbocycles. The highest BCUT2D eigenvalue weighted by Crippen LogP contribution is 2.49. The zero-order valence-corrected chi connectivity index (χ0v) is 15.2. The van der Waals surface area contributed by atoms with Gasteiger partial charge < -0.3 is 20.4 Å². The van der Waals surface area contributed by atoms with E-state index in [-0.39, 0.29) is 38.5 Å². The molecule has 0 heterocycles. The second kappa shape index (κ2) is 8.51. The minimum absolute atomic E-state index is 0.00896. The summed E-state index contributed by atoms with van der Waals surface area (Å²) in [5.74, 6) is -6.82. The summed E-state index contributed by atoms with van der Waals surface area (Å²) in [5, 5.41) is 38.4. The average Bonchev–Trinajstić information content (AvgIpc) is 2.56. The molecule has 1 rings (SSSR count). The van der Waals surface area contributed by atoms with Crippen LogP contribution in [0.5, 0.6) is 0 Å². The molecular formula is C18H28O8. The van der Waals surface area contributed by atoms with Gasteiger partial charge >= 0.3 is 23.9 Å². The van der Waals surface area contributed by atoms with Gasteiger partial charge in [0.15, 0.2) is 10.8 Å². The van der Waals surface area contributed by atoms with Crippen LogP contribution in [0.2, 0.25) is 0 Å². The lowest BCUT2D eigenvalue weighted by Gasteiger charge is -2.42. The summed E-state index contributed by atoms with van der Waals surface area (Å²) in [7, 11) is 0. The van der Waals surface area contributed by atoms with Gasteiger partial charge in [0.1, 0.15) is 0 Å². The summed E-state index contributed by atoms with van der Waals surface area (Å²) in [4.78, 5) is 47.1. The van der Waals surface area contributed by atoms with Crippen molar-refractivity contribution in [3.8, 4) is 0 Å². The third-order valence-corrected chi connectivity index (χ3v) is 5.94. The molecule has 8 heteroatoms. The first-order valence-electron chi connectivity index (χ1n) is 9.04. The van der Waals surface area contributed by atoms with Gasteiger partial charge in [-0.3, -0.25) is 19.2 Å². The van der Waals surface area contributed by atoms with E-state index in [2.05, 4.69) is 0 Å². The van der Waals surface area contributed by atoms with Gasteiger partial charge in [-0.2, -0.15) is 0 Å². The molecule has 0 radical (unpaired) electrons. The average molecular weight is 372 g/mol. The maximum absolute atomic E-state index is 11.8. The number of hydrogen-bond acceptors (Lipinski definition) is 4. The number of aliphatic carboxylic acids is 4. The Bertz CT molecular complexity index is 482. The van der Waals surface area contributed by atoms with Crippen molar-refractivity contribution < 1.29 is 39.6 Å². The fraction of sp³-hybridized carbons (Fsp3) is 0.778. The lowest BCUT2D eigenvalue weighted by Crippen LogP contribution is -2.50. The van der Waals surface area contributed by atoms with Crippen LogP contribution in [-0.4, -0.2) is 44.3 Å². The predicted octanol–water partition coefficient (Wildman–Crippen LogP) is 2.70. The zero-order chi connectivity index (χ0) is 20.1. The highest BCUT2D eigenvalue weighted by atomic mass is 16.4. The first-order valence-corrected chi connectivity index (χ1v) is 9.04. The Balaban J connectivity index is 3.13. The van der Waals surface area contributed by atoms with E-state index in [1.54, 1.807) is 13.8 Å². The molecule has 0 spiro atoms. The molecule has 1 aliphatic rings. The van der Waals surface area contributed by atoms with Crippen LogP contribution in [0.15, 0.2) is 0 Å². The normalized spacial score (nSPS) is 21.2. The molecule has 0 unspecified atom stereocenters. The second-order valence-electron chi connectivity index (χ2n) is 7.21. The van der Waals surface area contributed by atoms with E-state index in [1.807, 2.05) is 0 Å². The number of hydrogen-bond donors (Lipinski definition) is 4. The Hall–Kier alpha value is -2.12. The van der Waals surface area contributed by atoms with Gasteiger partial charge in [-0.15, -0.1) is 0 Å². The third kappa shape index (κ3) is 3.54. The maximum atomic E-state index is 11.8. The number of carboxylic acid groups (broad SMARTS) is 4. The van der Waals surface area contributed by atoms with Gasteiger partial charge in [-0.05, 0) is 50.4 Å². The Kier molecular flexibility index (Phi) is 7.17. The highest BCUT2D eigenvalue weighted by Gasteiger charge is 2.57. The van der Waals surface area contributed by atoms with Gasteiger partial charge in [0.05, 0.1) is 0 Å². The summed E-state index contributed by atoms with van der Waals surface area (Å²) in [6, 6.07) is 0. The molecular weight excluding hydrogens is 344 g/mol. The van der Waals surface area contributed by atoms with E-state index in [0.29, 0.717) is 12.8 Å². The Morgan fingerprint density at radius 2 is 0.885 bits per heavy atom. The molecule has 0 amide bonds.